The lowest BCUT2D eigenvalue weighted by atomic mass is 9.77. The summed E-state index contributed by atoms with van der Waals surface area (Å²) >= 11 is 0. The standard InChI is InChI=1S/C20H20N4O3.ClH/c1-26-14-9-7-13(8-10-14)17(25)22-16-6-3-2-5-15(16)18-23-19(24-27-18)20(21)11-4-12-20;/h2-3,5-10H,4,11-12,21H2,1H3,(H,22,25);1H. The Balaban J connectivity index is 0.00000225. The zero-order valence-electron chi connectivity index (χ0n) is 15.3. The van der Waals surface area contributed by atoms with Gasteiger partial charge in [-0.05, 0) is 55.7 Å². The van der Waals surface area contributed by atoms with E-state index in [1.54, 1.807) is 37.4 Å². The van der Waals surface area contributed by atoms with Gasteiger partial charge in [0.2, 0.25) is 0 Å². The fraction of sp³-hybridized carbons (Fsp3) is 0.250. The smallest absolute Gasteiger partial charge is 0.260 e. The van der Waals surface area contributed by atoms with Gasteiger partial charge in [0.05, 0.1) is 23.9 Å². The Kier molecular flexibility index (Phi) is 5.67. The van der Waals surface area contributed by atoms with Crippen LogP contribution in [-0.4, -0.2) is 23.2 Å². The van der Waals surface area contributed by atoms with E-state index >= 15 is 0 Å². The van der Waals surface area contributed by atoms with Crippen LogP contribution in [0.4, 0.5) is 5.69 Å². The van der Waals surface area contributed by atoms with E-state index in [1.165, 1.54) is 0 Å². The molecule has 0 saturated heterocycles. The van der Waals surface area contributed by atoms with E-state index in [-0.39, 0.29) is 18.3 Å². The Hall–Kier alpha value is -2.90. The maximum Gasteiger partial charge on any atom is 0.260 e. The molecule has 0 unspecified atom stereocenters. The van der Waals surface area contributed by atoms with Gasteiger partial charge < -0.3 is 20.3 Å². The number of para-hydroxylation sites is 1. The average molecular weight is 401 g/mol. The van der Waals surface area contributed by atoms with E-state index in [2.05, 4.69) is 15.5 Å². The largest absolute Gasteiger partial charge is 0.497 e. The number of amides is 1. The summed E-state index contributed by atoms with van der Waals surface area (Å²) in [5.41, 5.74) is 7.54. The van der Waals surface area contributed by atoms with Crippen molar-refractivity contribution in [3.63, 3.8) is 0 Å². The Morgan fingerprint density at radius 1 is 1.18 bits per heavy atom. The van der Waals surface area contributed by atoms with Gasteiger partial charge in [0.25, 0.3) is 11.8 Å². The number of anilines is 1. The predicted molar refractivity (Wildman–Crippen MR) is 108 cm³/mol. The number of nitrogens with two attached hydrogens (primary N) is 1. The summed E-state index contributed by atoms with van der Waals surface area (Å²) in [6, 6.07) is 14.2. The minimum Gasteiger partial charge on any atom is -0.497 e. The van der Waals surface area contributed by atoms with E-state index < -0.39 is 5.54 Å². The van der Waals surface area contributed by atoms with Gasteiger partial charge in [0.15, 0.2) is 5.82 Å². The monoisotopic (exact) mass is 400 g/mol. The lowest BCUT2D eigenvalue weighted by Gasteiger charge is -2.34. The quantitative estimate of drug-likeness (QED) is 0.675. The number of carbonyl (C=O) groups excluding carboxylic acids is 1. The van der Waals surface area contributed by atoms with Gasteiger partial charge in [-0.2, -0.15) is 4.98 Å². The predicted octanol–water partition coefficient (Wildman–Crippen LogP) is 3.76. The van der Waals surface area contributed by atoms with Crippen molar-refractivity contribution in [3.05, 3.63) is 59.9 Å². The fourth-order valence-corrected chi connectivity index (χ4v) is 3.03. The van der Waals surface area contributed by atoms with Crippen molar-refractivity contribution in [1.29, 1.82) is 0 Å². The van der Waals surface area contributed by atoms with Gasteiger partial charge in [0, 0.05) is 5.56 Å². The highest BCUT2D eigenvalue weighted by Gasteiger charge is 2.39. The molecule has 1 saturated carbocycles. The van der Waals surface area contributed by atoms with Crippen molar-refractivity contribution in [3.8, 4) is 17.2 Å². The minimum absolute atomic E-state index is 0. The van der Waals surface area contributed by atoms with Crippen LogP contribution < -0.4 is 15.8 Å². The second-order valence-corrected chi connectivity index (χ2v) is 6.66. The average Bonchev–Trinajstić information content (AvgIpc) is 3.17. The number of aromatic nitrogens is 2. The molecule has 1 aromatic heterocycles. The van der Waals surface area contributed by atoms with Crippen LogP contribution in [0.3, 0.4) is 0 Å². The van der Waals surface area contributed by atoms with Crippen molar-refractivity contribution < 1.29 is 14.1 Å². The summed E-state index contributed by atoms with van der Waals surface area (Å²) in [4.78, 5) is 17.0. The zero-order valence-corrected chi connectivity index (χ0v) is 16.2. The minimum atomic E-state index is -0.497. The van der Waals surface area contributed by atoms with E-state index in [9.17, 15) is 4.79 Å². The van der Waals surface area contributed by atoms with E-state index in [1.807, 2.05) is 18.2 Å². The number of rotatable bonds is 5. The molecule has 1 aliphatic rings. The van der Waals surface area contributed by atoms with Crippen LogP contribution in [0.25, 0.3) is 11.5 Å². The number of nitrogens with zero attached hydrogens (tertiary/aromatic N) is 2. The van der Waals surface area contributed by atoms with Crippen molar-refractivity contribution in [2.24, 2.45) is 5.73 Å². The molecule has 1 aliphatic carbocycles. The first kappa shape index (κ1) is 19.9. The van der Waals surface area contributed by atoms with Crippen LogP contribution in [0.15, 0.2) is 53.1 Å². The van der Waals surface area contributed by atoms with Gasteiger partial charge in [-0.15, -0.1) is 12.4 Å². The number of hydrogen-bond donors (Lipinski definition) is 2. The molecule has 2 aromatic carbocycles. The number of nitrogens with one attached hydrogen (secondary N) is 1. The molecule has 28 heavy (non-hydrogen) atoms. The molecule has 3 aromatic rings. The normalized spacial score (nSPS) is 14.5. The number of carbonyl (C=O) groups is 1. The van der Waals surface area contributed by atoms with Crippen molar-refractivity contribution in [2.75, 3.05) is 12.4 Å². The first-order valence-electron chi connectivity index (χ1n) is 8.77. The molecule has 7 nitrogen and oxygen atoms in total. The van der Waals surface area contributed by atoms with Gasteiger partial charge in [-0.25, -0.2) is 0 Å². The van der Waals surface area contributed by atoms with Gasteiger partial charge in [-0.3, -0.25) is 4.79 Å². The fourth-order valence-electron chi connectivity index (χ4n) is 3.03. The Bertz CT molecular complexity index is 968. The van der Waals surface area contributed by atoms with Crippen molar-refractivity contribution in [1.82, 2.24) is 10.1 Å². The molecule has 146 valence electrons. The molecule has 0 atom stereocenters. The molecular formula is C20H21ClN4O3. The lowest BCUT2D eigenvalue weighted by molar-refractivity contribution is 0.102. The summed E-state index contributed by atoms with van der Waals surface area (Å²) in [6.45, 7) is 0. The zero-order chi connectivity index (χ0) is 18.9. The molecule has 0 aliphatic heterocycles. The topological polar surface area (TPSA) is 103 Å². The van der Waals surface area contributed by atoms with Crippen LogP contribution in [0.5, 0.6) is 5.75 Å². The molecule has 0 radical (unpaired) electrons. The molecule has 1 amide bonds. The molecule has 1 fully saturated rings. The third kappa shape index (κ3) is 3.72. The summed E-state index contributed by atoms with van der Waals surface area (Å²) in [6.07, 6.45) is 2.76. The van der Waals surface area contributed by atoms with Crippen LogP contribution in [0, 0.1) is 0 Å². The van der Waals surface area contributed by atoms with Gasteiger partial charge in [-0.1, -0.05) is 17.3 Å². The number of halogens is 1. The molecular weight excluding hydrogens is 380 g/mol. The van der Waals surface area contributed by atoms with Crippen LogP contribution in [0.1, 0.15) is 35.4 Å². The maximum atomic E-state index is 12.6. The second-order valence-electron chi connectivity index (χ2n) is 6.66. The van der Waals surface area contributed by atoms with Crippen molar-refractivity contribution >= 4 is 24.0 Å². The third-order valence-electron chi connectivity index (χ3n) is 4.88. The molecule has 4 rings (SSSR count). The highest BCUT2D eigenvalue weighted by atomic mass is 35.5. The van der Waals surface area contributed by atoms with Crippen LogP contribution in [0.2, 0.25) is 0 Å². The van der Waals surface area contributed by atoms with Crippen molar-refractivity contribution in [2.45, 2.75) is 24.8 Å². The SMILES string of the molecule is COc1ccc(C(=O)Nc2ccccc2-c2nc(C3(N)CCC3)no2)cc1.Cl. The first-order chi connectivity index (χ1) is 13.1. The van der Waals surface area contributed by atoms with Crippen LogP contribution in [-0.2, 0) is 5.54 Å². The lowest BCUT2D eigenvalue weighted by Crippen LogP contribution is -2.44. The highest BCUT2D eigenvalue weighted by Crippen LogP contribution is 2.38. The van der Waals surface area contributed by atoms with E-state index in [4.69, 9.17) is 15.0 Å². The summed E-state index contributed by atoms with van der Waals surface area (Å²) in [5, 5.41) is 6.95. The number of benzene rings is 2. The molecule has 3 N–H and O–H groups in total. The number of methoxy groups -OCH3 is 1. The summed E-state index contributed by atoms with van der Waals surface area (Å²) in [7, 11) is 1.58. The maximum absolute atomic E-state index is 12.6. The molecule has 8 heteroatoms. The van der Waals surface area contributed by atoms with E-state index in [0.717, 1.165) is 19.3 Å². The molecule has 0 bridgehead atoms. The number of hydrogen-bond acceptors (Lipinski definition) is 6. The first-order valence-corrected chi connectivity index (χ1v) is 8.77. The van der Waals surface area contributed by atoms with Gasteiger partial charge >= 0.3 is 0 Å². The van der Waals surface area contributed by atoms with Gasteiger partial charge in [0.1, 0.15) is 5.75 Å². The Labute approximate surface area is 168 Å². The highest BCUT2D eigenvalue weighted by molar-refractivity contribution is 6.06. The third-order valence-corrected chi connectivity index (χ3v) is 4.88. The second kappa shape index (κ2) is 8.00. The molecule has 1 heterocycles. The molecule has 0 spiro atoms. The number of ether oxygens (including phenoxy) is 1. The summed E-state index contributed by atoms with van der Waals surface area (Å²) in [5.74, 6) is 1.31. The van der Waals surface area contributed by atoms with Crippen LogP contribution >= 0.6 is 12.4 Å². The van der Waals surface area contributed by atoms with E-state index in [0.29, 0.717) is 34.3 Å². The Morgan fingerprint density at radius 3 is 2.54 bits per heavy atom. The Morgan fingerprint density at radius 2 is 1.89 bits per heavy atom. The summed E-state index contributed by atoms with van der Waals surface area (Å²) < 4.78 is 10.5.